The zero-order valence-electron chi connectivity index (χ0n) is 30.9. The molecule has 0 atom stereocenters. The van der Waals surface area contributed by atoms with Crippen LogP contribution < -0.4 is 4.90 Å². The fourth-order valence-electron chi connectivity index (χ4n) is 8.21. The Morgan fingerprint density at radius 1 is 0.920 bits per heavy atom. The Bertz CT molecular complexity index is 1900. The van der Waals surface area contributed by atoms with Gasteiger partial charge in [-0.05, 0) is 87.6 Å². The molecule has 0 amide bonds. The third-order valence-corrected chi connectivity index (χ3v) is 10.7. The fourth-order valence-corrected chi connectivity index (χ4v) is 8.21. The van der Waals surface area contributed by atoms with Crippen molar-refractivity contribution in [1.82, 2.24) is 15.0 Å². The molecule has 0 fully saturated rings. The number of carboxylic acid groups (broad SMARTS) is 1. The second-order valence-corrected chi connectivity index (χ2v) is 15.0. The van der Waals surface area contributed by atoms with Gasteiger partial charge in [-0.3, -0.25) is 4.79 Å². The predicted molar refractivity (Wildman–Crippen MR) is 204 cm³/mol. The van der Waals surface area contributed by atoms with E-state index in [9.17, 15) is 4.79 Å². The first-order valence-corrected chi connectivity index (χ1v) is 18.7. The van der Waals surface area contributed by atoms with Crippen LogP contribution in [0.3, 0.4) is 0 Å². The maximum Gasteiger partial charge on any atom is 0.303 e. The van der Waals surface area contributed by atoms with Gasteiger partial charge >= 0.3 is 5.97 Å². The van der Waals surface area contributed by atoms with Crippen LogP contribution in [0.1, 0.15) is 110 Å². The number of hydrogen-bond donors (Lipinski definition) is 1. The van der Waals surface area contributed by atoms with E-state index in [4.69, 9.17) is 10.3 Å². The lowest BCUT2D eigenvalue weighted by molar-refractivity contribution is -0.437. The molecule has 3 aromatic rings. The normalized spacial score (nSPS) is 19.7. The molecule has 262 valence electrons. The third kappa shape index (κ3) is 6.79. The highest BCUT2D eigenvalue weighted by molar-refractivity contribution is 6.03. The van der Waals surface area contributed by atoms with Crippen molar-refractivity contribution in [3.05, 3.63) is 113 Å². The van der Waals surface area contributed by atoms with Crippen LogP contribution in [-0.4, -0.2) is 49.4 Å². The molecular weight excluding hydrogens is 619 g/mol. The summed E-state index contributed by atoms with van der Waals surface area (Å²) in [5, 5.41) is 18.4. The van der Waals surface area contributed by atoms with Gasteiger partial charge in [-0.1, -0.05) is 81.5 Å². The standard InChI is InChI=1S/C43H53N5O2/c1-7-28-46-36-21-12-10-19-34(36)42(3,4)38(46)26-24-31-16-15-17-32(41(31)48-30-33(44-45-48)18-9-14-23-40(49)50)25-27-39-43(5,6)35-20-11-13-22-37(35)47(39)29-8-2/h10-13,19-22,24-27,30H,7-9,14-18,23,28-29H2,1-6H3/p+1. The van der Waals surface area contributed by atoms with Crippen molar-refractivity contribution in [3.63, 3.8) is 0 Å². The van der Waals surface area contributed by atoms with Crippen molar-refractivity contribution >= 4 is 28.8 Å². The molecular formula is C43H54N5O2+. The molecule has 3 heterocycles. The number of aliphatic carboxylic acids is 1. The van der Waals surface area contributed by atoms with Crippen LogP contribution in [0.15, 0.2) is 95.9 Å². The summed E-state index contributed by atoms with van der Waals surface area (Å²) in [4.78, 5) is 13.6. The van der Waals surface area contributed by atoms with Gasteiger partial charge in [-0.15, -0.1) is 5.10 Å². The first-order chi connectivity index (χ1) is 24.1. The minimum Gasteiger partial charge on any atom is -0.481 e. The molecule has 3 aliphatic rings. The first kappa shape index (κ1) is 35.3. The zero-order chi connectivity index (χ0) is 35.5. The molecule has 2 aromatic carbocycles. The van der Waals surface area contributed by atoms with Crippen LogP contribution in [0, 0.1) is 0 Å². The van der Waals surface area contributed by atoms with Gasteiger partial charge in [0, 0.05) is 53.9 Å². The average molecular weight is 673 g/mol. The van der Waals surface area contributed by atoms with Crippen molar-refractivity contribution < 1.29 is 14.5 Å². The molecule has 0 radical (unpaired) electrons. The molecule has 7 nitrogen and oxygen atoms in total. The van der Waals surface area contributed by atoms with Crippen molar-refractivity contribution in [3.8, 4) is 0 Å². The van der Waals surface area contributed by atoms with Crippen LogP contribution in [-0.2, 0) is 22.0 Å². The highest BCUT2D eigenvalue weighted by atomic mass is 16.4. The van der Waals surface area contributed by atoms with Crippen LogP contribution in [0.4, 0.5) is 11.4 Å². The number of nitrogens with zero attached hydrogens (tertiary/aromatic N) is 5. The molecule has 0 bridgehead atoms. The summed E-state index contributed by atoms with van der Waals surface area (Å²) in [7, 11) is 0. The summed E-state index contributed by atoms with van der Waals surface area (Å²) in [6, 6.07) is 17.7. The van der Waals surface area contributed by atoms with Gasteiger partial charge in [0.25, 0.3) is 0 Å². The van der Waals surface area contributed by atoms with Crippen molar-refractivity contribution in [1.29, 1.82) is 0 Å². The molecule has 0 saturated heterocycles. The summed E-state index contributed by atoms with van der Waals surface area (Å²) in [5.41, 5.74) is 12.3. The molecule has 0 unspecified atom stereocenters. The molecule has 6 rings (SSSR count). The summed E-state index contributed by atoms with van der Waals surface area (Å²) in [6.07, 6.45) is 18.9. The number of benzene rings is 2. The number of hydrogen-bond acceptors (Lipinski definition) is 4. The minimum atomic E-state index is -0.753. The number of unbranched alkanes of at least 4 members (excludes halogenated alkanes) is 1. The Hall–Kier alpha value is -4.52. The van der Waals surface area contributed by atoms with Crippen LogP contribution in [0.5, 0.6) is 0 Å². The Kier molecular flexibility index (Phi) is 10.4. The van der Waals surface area contributed by atoms with E-state index in [0.717, 1.165) is 63.0 Å². The predicted octanol–water partition coefficient (Wildman–Crippen LogP) is 9.53. The van der Waals surface area contributed by atoms with E-state index in [1.165, 1.54) is 45.1 Å². The van der Waals surface area contributed by atoms with Gasteiger partial charge in [0.1, 0.15) is 6.54 Å². The van der Waals surface area contributed by atoms with Crippen molar-refractivity contribution in [2.24, 2.45) is 0 Å². The number of allylic oxidation sites excluding steroid dienone is 8. The topological polar surface area (TPSA) is 74.3 Å². The number of aromatic nitrogens is 3. The van der Waals surface area contributed by atoms with Gasteiger partial charge in [-0.25, -0.2) is 4.68 Å². The van der Waals surface area contributed by atoms with Crippen LogP contribution in [0.2, 0.25) is 0 Å². The Balaban J connectivity index is 1.43. The molecule has 2 aliphatic heterocycles. The molecule has 7 heteroatoms. The smallest absolute Gasteiger partial charge is 0.303 e. The monoisotopic (exact) mass is 672 g/mol. The number of fused-ring (bicyclic) bond motifs is 2. The van der Waals surface area contributed by atoms with Gasteiger partial charge in [0.15, 0.2) is 5.71 Å². The lowest BCUT2D eigenvalue weighted by Gasteiger charge is -2.27. The fraction of sp³-hybridized carbons (Fsp3) is 0.442. The Morgan fingerprint density at radius 3 is 2.44 bits per heavy atom. The third-order valence-electron chi connectivity index (χ3n) is 10.7. The minimum absolute atomic E-state index is 0.108. The summed E-state index contributed by atoms with van der Waals surface area (Å²) in [5.74, 6) is -0.753. The second-order valence-electron chi connectivity index (χ2n) is 15.0. The van der Waals surface area contributed by atoms with Gasteiger partial charge in [-0.2, -0.15) is 4.58 Å². The van der Waals surface area contributed by atoms with Crippen LogP contribution >= 0.6 is 0 Å². The van der Waals surface area contributed by atoms with E-state index in [1.54, 1.807) is 0 Å². The molecule has 1 aliphatic carbocycles. The SMILES string of the molecule is CCCN1/C(=C/C=C2\CCCC(/C=C/C3=[N+](CCC)c4ccccc4C3(C)C)=C2n2cc(CCCCC(=O)O)nn2)C(C)(C)c2ccccc21. The van der Waals surface area contributed by atoms with Crippen molar-refractivity contribution in [2.45, 2.75) is 110 Å². The van der Waals surface area contributed by atoms with Gasteiger partial charge in [0.05, 0.1) is 23.0 Å². The molecule has 0 spiro atoms. The number of carboxylic acids is 1. The number of aryl methyl sites for hydroxylation is 1. The average Bonchev–Trinajstić information content (AvgIpc) is 3.71. The zero-order valence-corrected chi connectivity index (χ0v) is 30.9. The van der Waals surface area contributed by atoms with Crippen LogP contribution in [0.25, 0.3) is 5.70 Å². The second kappa shape index (κ2) is 14.8. The van der Waals surface area contributed by atoms with E-state index < -0.39 is 5.97 Å². The van der Waals surface area contributed by atoms with E-state index in [1.807, 2.05) is 4.68 Å². The highest BCUT2D eigenvalue weighted by Crippen LogP contribution is 2.48. The summed E-state index contributed by atoms with van der Waals surface area (Å²) < 4.78 is 4.49. The van der Waals surface area contributed by atoms with Gasteiger partial charge < -0.3 is 10.0 Å². The molecule has 0 saturated carbocycles. The maximum atomic E-state index is 11.1. The number of para-hydroxylation sites is 2. The lowest BCUT2D eigenvalue weighted by atomic mass is 9.81. The number of rotatable bonds is 13. The first-order valence-electron chi connectivity index (χ1n) is 18.7. The lowest BCUT2D eigenvalue weighted by Crippen LogP contribution is -2.28. The van der Waals surface area contributed by atoms with E-state index in [2.05, 4.69) is 135 Å². The van der Waals surface area contributed by atoms with E-state index in [0.29, 0.717) is 12.8 Å². The van der Waals surface area contributed by atoms with Crippen molar-refractivity contribution in [2.75, 3.05) is 18.0 Å². The summed E-state index contributed by atoms with van der Waals surface area (Å²) >= 11 is 0. The van der Waals surface area contributed by atoms with E-state index >= 15 is 0 Å². The molecule has 1 aromatic heterocycles. The number of carbonyl (C=O) groups is 1. The summed E-state index contributed by atoms with van der Waals surface area (Å²) in [6.45, 7) is 15.8. The Labute approximate surface area is 298 Å². The quantitative estimate of drug-likeness (QED) is 0.145. The van der Waals surface area contributed by atoms with E-state index in [-0.39, 0.29) is 17.3 Å². The highest BCUT2D eigenvalue weighted by Gasteiger charge is 2.44. The maximum absolute atomic E-state index is 11.1. The molecule has 50 heavy (non-hydrogen) atoms. The largest absolute Gasteiger partial charge is 0.481 e. The van der Waals surface area contributed by atoms with Gasteiger partial charge in [0.2, 0.25) is 5.69 Å². The number of anilines is 1. The Morgan fingerprint density at radius 2 is 1.68 bits per heavy atom. The molecule has 1 N–H and O–H groups in total.